The van der Waals surface area contributed by atoms with Crippen LogP contribution in [0.3, 0.4) is 0 Å². The van der Waals surface area contributed by atoms with E-state index in [1.54, 1.807) is 4.90 Å². The largest absolute Gasteiger partial charge is 0.481 e. The number of nitrogens with zero attached hydrogens (tertiary/aromatic N) is 3. The quantitative estimate of drug-likeness (QED) is 0.912. The minimum atomic E-state index is -3.00. The molecule has 0 bridgehead atoms. The monoisotopic (exact) mass is 275 g/mol. The number of piperidine rings is 1. The first-order valence-corrected chi connectivity index (χ1v) is 5.77. The molecule has 1 N–H and O–H groups in total. The first-order valence-electron chi connectivity index (χ1n) is 5.77. The van der Waals surface area contributed by atoms with Crippen LogP contribution < -0.4 is 4.90 Å². The van der Waals surface area contributed by atoms with Gasteiger partial charge in [0.1, 0.15) is 5.69 Å². The molecule has 104 valence electrons. The third-order valence-electron chi connectivity index (χ3n) is 3.09. The number of anilines is 1. The van der Waals surface area contributed by atoms with Crippen molar-refractivity contribution in [3.63, 3.8) is 0 Å². The van der Waals surface area contributed by atoms with E-state index in [2.05, 4.69) is 9.97 Å². The van der Waals surface area contributed by atoms with Crippen molar-refractivity contribution in [3.05, 3.63) is 17.7 Å². The molecule has 1 saturated heterocycles. The molecule has 19 heavy (non-hydrogen) atoms. The van der Waals surface area contributed by atoms with Gasteiger partial charge in [-0.05, 0) is 12.8 Å². The van der Waals surface area contributed by atoms with Gasteiger partial charge in [0.2, 0.25) is 5.95 Å². The Kier molecular flexibility index (Phi) is 3.87. The lowest BCUT2D eigenvalue weighted by Gasteiger charge is -2.30. The van der Waals surface area contributed by atoms with Gasteiger partial charge in [0.05, 0.1) is 12.1 Å². The Hall–Kier alpha value is -1.86. The minimum absolute atomic E-state index is 0.0144. The Morgan fingerprint density at radius 3 is 2.58 bits per heavy atom. The molecule has 0 radical (unpaired) electrons. The van der Waals surface area contributed by atoms with Crippen LogP contribution in [0.25, 0.3) is 0 Å². The number of carboxylic acid groups (broad SMARTS) is 1. The molecule has 0 aliphatic carbocycles. The summed E-state index contributed by atoms with van der Waals surface area (Å²) in [6.07, 6.45) is -1.51. The zero-order valence-corrected chi connectivity index (χ0v) is 9.89. The van der Waals surface area contributed by atoms with Gasteiger partial charge in [0.25, 0.3) is 6.43 Å². The van der Waals surface area contributed by atoms with E-state index >= 15 is 0 Å². The maximum absolute atomic E-state index is 13.1. The van der Waals surface area contributed by atoms with Crippen LogP contribution in [0.4, 0.5) is 19.1 Å². The van der Waals surface area contributed by atoms with Gasteiger partial charge in [0.15, 0.2) is 5.82 Å². The lowest BCUT2D eigenvalue weighted by atomic mass is 9.97. The molecule has 1 aromatic rings. The summed E-state index contributed by atoms with van der Waals surface area (Å²) < 4.78 is 38.1. The molecule has 8 heteroatoms. The lowest BCUT2D eigenvalue weighted by Crippen LogP contribution is -2.37. The molecular weight excluding hydrogens is 263 g/mol. The van der Waals surface area contributed by atoms with E-state index in [-0.39, 0.29) is 5.95 Å². The standard InChI is InChI=1S/C11H12F3N3O2/c12-7-5-15-11(16-8(7)9(13)14)17-3-1-6(2-4-17)10(18)19/h5-6,9H,1-4H2,(H,18,19). The second kappa shape index (κ2) is 5.41. The molecule has 0 spiro atoms. The summed E-state index contributed by atoms with van der Waals surface area (Å²) in [5, 5.41) is 8.85. The van der Waals surface area contributed by atoms with Crippen molar-refractivity contribution in [2.75, 3.05) is 18.0 Å². The second-order valence-corrected chi connectivity index (χ2v) is 4.30. The summed E-state index contributed by atoms with van der Waals surface area (Å²) in [5.41, 5.74) is -0.926. The molecule has 1 fully saturated rings. The van der Waals surface area contributed by atoms with Crippen molar-refractivity contribution in [1.29, 1.82) is 0 Å². The molecule has 1 aromatic heterocycles. The van der Waals surface area contributed by atoms with Crippen molar-refractivity contribution in [1.82, 2.24) is 9.97 Å². The van der Waals surface area contributed by atoms with E-state index in [0.29, 0.717) is 32.1 Å². The zero-order chi connectivity index (χ0) is 14.0. The number of hydrogen-bond donors (Lipinski definition) is 1. The van der Waals surface area contributed by atoms with Gasteiger partial charge in [-0.1, -0.05) is 0 Å². The van der Waals surface area contributed by atoms with Crippen molar-refractivity contribution >= 4 is 11.9 Å². The lowest BCUT2D eigenvalue weighted by molar-refractivity contribution is -0.142. The average molecular weight is 275 g/mol. The fourth-order valence-corrected chi connectivity index (χ4v) is 2.00. The predicted molar refractivity (Wildman–Crippen MR) is 59.5 cm³/mol. The molecule has 1 aliphatic heterocycles. The summed E-state index contributed by atoms with van der Waals surface area (Å²) in [5.74, 6) is -2.43. The Bertz CT molecular complexity index is 476. The van der Waals surface area contributed by atoms with Gasteiger partial charge < -0.3 is 10.0 Å². The van der Waals surface area contributed by atoms with Crippen LogP contribution in [0.1, 0.15) is 25.0 Å². The number of aliphatic carboxylic acids is 1. The Morgan fingerprint density at radius 1 is 1.42 bits per heavy atom. The highest BCUT2D eigenvalue weighted by Crippen LogP contribution is 2.24. The van der Waals surface area contributed by atoms with Crippen LogP contribution in [-0.4, -0.2) is 34.1 Å². The van der Waals surface area contributed by atoms with Crippen molar-refractivity contribution in [2.45, 2.75) is 19.3 Å². The highest BCUT2D eigenvalue weighted by atomic mass is 19.3. The van der Waals surface area contributed by atoms with E-state index < -0.39 is 29.8 Å². The number of halogens is 3. The van der Waals surface area contributed by atoms with Crippen molar-refractivity contribution in [2.24, 2.45) is 5.92 Å². The van der Waals surface area contributed by atoms with Crippen LogP contribution in [0.15, 0.2) is 6.20 Å². The summed E-state index contributed by atoms with van der Waals surface area (Å²) >= 11 is 0. The normalized spacial score (nSPS) is 16.9. The third-order valence-corrected chi connectivity index (χ3v) is 3.09. The molecule has 0 amide bonds. The molecule has 0 atom stereocenters. The Labute approximate surface area is 107 Å². The average Bonchev–Trinajstić information content (AvgIpc) is 2.39. The smallest absolute Gasteiger partial charge is 0.306 e. The topological polar surface area (TPSA) is 66.3 Å². The maximum atomic E-state index is 13.1. The van der Waals surface area contributed by atoms with Crippen LogP contribution in [0, 0.1) is 11.7 Å². The molecule has 2 rings (SSSR count). The number of hydrogen-bond acceptors (Lipinski definition) is 4. The zero-order valence-electron chi connectivity index (χ0n) is 9.89. The SMILES string of the molecule is O=C(O)C1CCN(c2ncc(F)c(C(F)F)n2)CC1. The first kappa shape index (κ1) is 13.6. The second-order valence-electron chi connectivity index (χ2n) is 4.30. The third kappa shape index (κ3) is 2.94. The molecule has 0 aromatic carbocycles. The van der Waals surface area contributed by atoms with E-state index in [0.717, 1.165) is 0 Å². The molecule has 1 aliphatic rings. The van der Waals surface area contributed by atoms with Crippen LogP contribution in [0.5, 0.6) is 0 Å². The fraction of sp³-hybridized carbons (Fsp3) is 0.545. The van der Waals surface area contributed by atoms with E-state index in [1.807, 2.05) is 0 Å². The van der Waals surface area contributed by atoms with Gasteiger partial charge in [-0.2, -0.15) is 0 Å². The summed E-state index contributed by atoms with van der Waals surface area (Å²) in [4.78, 5) is 19.6. The first-order chi connectivity index (χ1) is 8.99. The summed E-state index contributed by atoms with van der Waals surface area (Å²) in [7, 11) is 0. The summed E-state index contributed by atoms with van der Waals surface area (Å²) in [6, 6.07) is 0. The minimum Gasteiger partial charge on any atom is -0.481 e. The van der Waals surface area contributed by atoms with Crippen molar-refractivity contribution < 1.29 is 23.1 Å². The van der Waals surface area contributed by atoms with Crippen LogP contribution in [-0.2, 0) is 4.79 Å². The number of carbonyl (C=O) groups is 1. The van der Waals surface area contributed by atoms with E-state index in [1.165, 1.54) is 0 Å². The van der Waals surface area contributed by atoms with E-state index in [4.69, 9.17) is 5.11 Å². The Morgan fingerprint density at radius 2 is 2.05 bits per heavy atom. The molecule has 0 saturated carbocycles. The number of alkyl halides is 2. The van der Waals surface area contributed by atoms with Gasteiger partial charge in [-0.15, -0.1) is 0 Å². The fourth-order valence-electron chi connectivity index (χ4n) is 2.00. The highest BCUT2D eigenvalue weighted by Gasteiger charge is 2.27. The van der Waals surface area contributed by atoms with Crippen LogP contribution in [0.2, 0.25) is 0 Å². The molecule has 2 heterocycles. The number of aromatic nitrogens is 2. The molecule has 0 unspecified atom stereocenters. The maximum Gasteiger partial charge on any atom is 0.306 e. The summed E-state index contributed by atoms with van der Waals surface area (Å²) in [6.45, 7) is 0.705. The van der Waals surface area contributed by atoms with Gasteiger partial charge in [0, 0.05) is 13.1 Å². The molecular formula is C11H12F3N3O2. The van der Waals surface area contributed by atoms with E-state index in [9.17, 15) is 18.0 Å². The number of rotatable bonds is 3. The molecule has 5 nitrogen and oxygen atoms in total. The number of carboxylic acids is 1. The van der Waals surface area contributed by atoms with Gasteiger partial charge in [-0.25, -0.2) is 23.1 Å². The highest BCUT2D eigenvalue weighted by molar-refractivity contribution is 5.70. The predicted octanol–water partition coefficient (Wildman–Crippen LogP) is 1.85. The van der Waals surface area contributed by atoms with Gasteiger partial charge in [-0.3, -0.25) is 4.79 Å². The van der Waals surface area contributed by atoms with Crippen molar-refractivity contribution in [3.8, 4) is 0 Å². The Balaban J connectivity index is 2.11. The van der Waals surface area contributed by atoms with Gasteiger partial charge >= 0.3 is 5.97 Å². The van der Waals surface area contributed by atoms with Crippen LogP contribution >= 0.6 is 0 Å².